The van der Waals surface area contributed by atoms with Crippen LogP contribution in [0.15, 0.2) is 24.3 Å². The van der Waals surface area contributed by atoms with Gasteiger partial charge in [0.25, 0.3) is 0 Å². The van der Waals surface area contributed by atoms with Crippen LogP contribution in [0.2, 0.25) is 0 Å². The summed E-state index contributed by atoms with van der Waals surface area (Å²) in [6.07, 6.45) is 1.26. The first-order chi connectivity index (χ1) is 9.24. The molecule has 0 aliphatic carbocycles. The van der Waals surface area contributed by atoms with Gasteiger partial charge in [-0.15, -0.1) is 0 Å². The summed E-state index contributed by atoms with van der Waals surface area (Å²) >= 11 is 0. The summed E-state index contributed by atoms with van der Waals surface area (Å²) in [6, 6.07) is 8.57. The fourth-order valence-electron chi connectivity index (χ4n) is 2.92. The molecule has 2 unspecified atom stereocenters. The highest BCUT2D eigenvalue weighted by molar-refractivity contribution is 5.26. The van der Waals surface area contributed by atoms with Gasteiger partial charge in [-0.3, -0.25) is 4.90 Å². The first-order valence-corrected chi connectivity index (χ1v) is 7.22. The van der Waals surface area contributed by atoms with Crippen LogP contribution in [0.4, 0.5) is 0 Å². The highest BCUT2D eigenvalue weighted by atomic mass is 16.5. The Morgan fingerprint density at radius 2 is 2.05 bits per heavy atom. The third-order valence-corrected chi connectivity index (χ3v) is 4.31. The van der Waals surface area contributed by atoms with Crippen molar-refractivity contribution in [3.8, 4) is 0 Å². The standard InChI is InChI=1S/C16H26N2O/c1-13-7-8-18(11-16(13)9-17)10-14-5-3-4-6-15(14)12-19-2/h3-6,13,16H,7-12,17H2,1-2H3. The number of ether oxygens (including phenoxy) is 1. The molecule has 3 nitrogen and oxygen atoms in total. The minimum Gasteiger partial charge on any atom is -0.380 e. The van der Waals surface area contributed by atoms with Gasteiger partial charge in [0.15, 0.2) is 0 Å². The summed E-state index contributed by atoms with van der Waals surface area (Å²) in [5.41, 5.74) is 8.56. The largest absolute Gasteiger partial charge is 0.380 e. The number of nitrogens with two attached hydrogens (primary N) is 1. The highest BCUT2D eigenvalue weighted by Gasteiger charge is 2.25. The first-order valence-electron chi connectivity index (χ1n) is 7.22. The van der Waals surface area contributed by atoms with Gasteiger partial charge >= 0.3 is 0 Å². The fourth-order valence-corrected chi connectivity index (χ4v) is 2.92. The van der Waals surface area contributed by atoms with Crippen LogP contribution < -0.4 is 5.73 Å². The van der Waals surface area contributed by atoms with Crippen molar-refractivity contribution >= 4 is 0 Å². The molecule has 1 aromatic carbocycles. The van der Waals surface area contributed by atoms with E-state index in [2.05, 4.69) is 36.1 Å². The third kappa shape index (κ3) is 3.78. The first kappa shape index (κ1) is 14.5. The van der Waals surface area contributed by atoms with Crippen molar-refractivity contribution < 1.29 is 4.74 Å². The zero-order chi connectivity index (χ0) is 13.7. The Kier molecular flexibility index (Phi) is 5.37. The van der Waals surface area contributed by atoms with E-state index >= 15 is 0 Å². The maximum absolute atomic E-state index is 5.88. The molecule has 0 radical (unpaired) electrons. The van der Waals surface area contributed by atoms with Crippen LogP contribution in [0.1, 0.15) is 24.5 Å². The molecule has 3 heteroatoms. The smallest absolute Gasteiger partial charge is 0.0716 e. The Balaban J connectivity index is 2.01. The van der Waals surface area contributed by atoms with E-state index in [0.29, 0.717) is 12.5 Å². The van der Waals surface area contributed by atoms with Gasteiger partial charge in [-0.25, -0.2) is 0 Å². The Bertz CT molecular complexity index is 394. The van der Waals surface area contributed by atoms with Gasteiger partial charge in [0.1, 0.15) is 0 Å². The van der Waals surface area contributed by atoms with Crippen molar-refractivity contribution in [3.63, 3.8) is 0 Å². The predicted molar refractivity (Wildman–Crippen MR) is 78.8 cm³/mol. The molecule has 1 aliphatic rings. The van der Waals surface area contributed by atoms with Crippen molar-refractivity contribution in [1.29, 1.82) is 0 Å². The normalized spacial score (nSPS) is 24.6. The molecule has 2 rings (SSSR count). The van der Waals surface area contributed by atoms with Crippen LogP contribution in [0.5, 0.6) is 0 Å². The molecule has 19 heavy (non-hydrogen) atoms. The number of likely N-dealkylation sites (tertiary alicyclic amines) is 1. The molecule has 0 saturated carbocycles. The van der Waals surface area contributed by atoms with E-state index in [1.54, 1.807) is 7.11 Å². The predicted octanol–water partition coefficient (Wildman–Crippen LogP) is 2.25. The number of rotatable bonds is 5. The van der Waals surface area contributed by atoms with E-state index in [1.165, 1.54) is 24.1 Å². The lowest BCUT2D eigenvalue weighted by Crippen LogP contribution is -2.42. The SMILES string of the molecule is COCc1ccccc1CN1CCC(C)C(CN)C1. The van der Waals surface area contributed by atoms with E-state index in [4.69, 9.17) is 10.5 Å². The second kappa shape index (κ2) is 7.04. The Morgan fingerprint density at radius 3 is 2.74 bits per heavy atom. The molecular formula is C16H26N2O. The molecule has 1 aliphatic heterocycles. The molecule has 106 valence electrons. The maximum atomic E-state index is 5.88. The van der Waals surface area contributed by atoms with Crippen molar-refractivity contribution in [2.45, 2.75) is 26.5 Å². The van der Waals surface area contributed by atoms with E-state index < -0.39 is 0 Å². The molecule has 1 saturated heterocycles. The van der Waals surface area contributed by atoms with Crippen LogP contribution in [0.3, 0.4) is 0 Å². The summed E-state index contributed by atoms with van der Waals surface area (Å²) < 4.78 is 5.28. The monoisotopic (exact) mass is 262 g/mol. The lowest BCUT2D eigenvalue weighted by atomic mass is 9.87. The van der Waals surface area contributed by atoms with Crippen molar-refractivity contribution in [3.05, 3.63) is 35.4 Å². The minimum absolute atomic E-state index is 0.642. The van der Waals surface area contributed by atoms with Crippen molar-refractivity contribution in [1.82, 2.24) is 4.90 Å². The molecule has 2 N–H and O–H groups in total. The van der Waals surface area contributed by atoms with E-state index in [-0.39, 0.29) is 0 Å². The highest BCUT2D eigenvalue weighted by Crippen LogP contribution is 2.24. The molecule has 2 atom stereocenters. The van der Waals surface area contributed by atoms with Gasteiger partial charge in [-0.05, 0) is 42.5 Å². The number of benzene rings is 1. The molecular weight excluding hydrogens is 236 g/mol. The van der Waals surface area contributed by atoms with Crippen molar-refractivity contribution in [2.24, 2.45) is 17.6 Å². The molecule has 0 amide bonds. The Morgan fingerprint density at radius 1 is 1.32 bits per heavy atom. The fraction of sp³-hybridized carbons (Fsp3) is 0.625. The van der Waals surface area contributed by atoms with Gasteiger partial charge in [0.2, 0.25) is 0 Å². The Labute approximate surface area is 116 Å². The molecule has 0 bridgehead atoms. The molecule has 1 aromatic rings. The van der Waals surface area contributed by atoms with E-state index in [9.17, 15) is 0 Å². The van der Waals surface area contributed by atoms with Gasteiger partial charge in [0.05, 0.1) is 6.61 Å². The summed E-state index contributed by atoms with van der Waals surface area (Å²) in [7, 11) is 1.75. The summed E-state index contributed by atoms with van der Waals surface area (Å²) in [4.78, 5) is 2.53. The lowest BCUT2D eigenvalue weighted by molar-refractivity contribution is 0.124. The van der Waals surface area contributed by atoms with Crippen LogP contribution >= 0.6 is 0 Å². The average molecular weight is 262 g/mol. The number of hydrogen-bond acceptors (Lipinski definition) is 3. The quantitative estimate of drug-likeness (QED) is 0.884. The minimum atomic E-state index is 0.642. The molecule has 0 spiro atoms. The molecule has 0 aromatic heterocycles. The second-order valence-corrected chi connectivity index (χ2v) is 5.70. The number of hydrogen-bond donors (Lipinski definition) is 1. The van der Waals surface area contributed by atoms with Gasteiger partial charge in [-0.1, -0.05) is 31.2 Å². The average Bonchev–Trinajstić information content (AvgIpc) is 2.43. The zero-order valence-electron chi connectivity index (χ0n) is 12.1. The lowest BCUT2D eigenvalue weighted by Gasteiger charge is -2.36. The number of piperidine rings is 1. The van der Waals surface area contributed by atoms with E-state index in [0.717, 1.165) is 25.6 Å². The maximum Gasteiger partial charge on any atom is 0.0716 e. The second-order valence-electron chi connectivity index (χ2n) is 5.70. The third-order valence-electron chi connectivity index (χ3n) is 4.31. The number of methoxy groups -OCH3 is 1. The van der Waals surface area contributed by atoms with Crippen LogP contribution in [0.25, 0.3) is 0 Å². The van der Waals surface area contributed by atoms with Gasteiger partial charge in [-0.2, -0.15) is 0 Å². The topological polar surface area (TPSA) is 38.5 Å². The summed E-state index contributed by atoms with van der Waals surface area (Å²) in [5, 5.41) is 0. The van der Waals surface area contributed by atoms with Gasteiger partial charge in [0, 0.05) is 20.2 Å². The Hall–Kier alpha value is -0.900. The zero-order valence-corrected chi connectivity index (χ0v) is 12.1. The van der Waals surface area contributed by atoms with Crippen LogP contribution in [-0.4, -0.2) is 31.6 Å². The van der Waals surface area contributed by atoms with Crippen LogP contribution in [-0.2, 0) is 17.9 Å². The molecule has 1 heterocycles. The van der Waals surface area contributed by atoms with Crippen molar-refractivity contribution in [2.75, 3.05) is 26.7 Å². The van der Waals surface area contributed by atoms with Crippen LogP contribution in [0, 0.1) is 11.8 Å². The summed E-state index contributed by atoms with van der Waals surface area (Å²) in [5.74, 6) is 1.40. The summed E-state index contributed by atoms with van der Waals surface area (Å²) in [6.45, 7) is 7.15. The number of nitrogens with zero attached hydrogens (tertiary/aromatic N) is 1. The molecule has 1 fully saturated rings. The van der Waals surface area contributed by atoms with E-state index in [1.807, 2.05) is 0 Å². The van der Waals surface area contributed by atoms with Gasteiger partial charge < -0.3 is 10.5 Å².